The van der Waals surface area contributed by atoms with Crippen molar-refractivity contribution >= 4 is 17.9 Å². The van der Waals surface area contributed by atoms with Crippen LogP contribution in [0.1, 0.15) is 400 Å². The average Bonchev–Trinajstić information content (AvgIpc) is 3.47. The quantitative estimate of drug-likeness (QED) is 0.0261. The molecule has 1 unspecified atom stereocenters. The van der Waals surface area contributed by atoms with Crippen LogP contribution in [0.3, 0.4) is 0 Å². The van der Waals surface area contributed by atoms with Gasteiger partial charge in [-0.15, -0.1) is 0 Å². The third kappa shape index (κ3) is 68.2. The normalized spacial score (nSPS) is 12.3. The third-order valence-corrected chi connectivity index (χ3v) is 16.5. The first kappa shape index (κ1) is 79.4. The third-order valence-electron chi connectivity index (χ3n) is 16.5. The molecule has 0 saturated carbocycles. The zero-order valence-electron chi connectivity index (χ0n) is 55.3. The van der Waals surface area contributed by atoms with Crippen LogP contribution in [0.15, 0.2) is 48.6 Å². The fourth-order valence-electron chi connectivity index (χ4n) is 11.0. The van der Waals surface area contributed by atoms with Gasteiger partial charge in [0, 0.05) is 19.3 Å². The highest BCUT2D eigenvalue weighted by atomic mass is 16.6. The van der Waals surface area contributed by atoms with Crippen molar-refractivity contribution in [3.8, 4) is 0 Å². The number of hydrogen-bond acceptors (Lipinski definition) is 6. The fraction of sp³-hybridized carbons (Fsp3) is 0.855. The SMILES string of the molecule is CCCCC/C=C\CCCCCCCC(=O)OCC(COC(=O)CCCCCCCCCCCCCCCCCCCCCCCCC/C=C\C/C=C\CCCCCCC)OC(=O)CCCCCCCCC/C=C\CCCCCCCC. The summed E-state index contributed by atoms with van der Waals surface area (Å²) in [6, 6.07) is 0. The Bertz CT molecular complexity index is 1410. The van der Waals surface area contributed by atoms with E-state index in [-0.39, 0.29) is 31.1 Å². The molecule has 0 aromatic rings. The van der Waals surface area contributed by atoms with Crippen LogP contribution >= 0.6 is 0 Å². The summed E-state index contributed by atoms with van der Waals surface area (Å²) in [6.07, 6.45) is 90.2. The summed E-state index contributed by atoms with van der Waals surface area (Å²) in [5.41, 5.74) is 0. The molecule has 0 spiro atoms. The Hall–Kier alpha value is -2.63. The van der Waals surface area contributed by atoms with Crippen LogP contribution in [-0.2, 0) is 28.6 Å². The van der Waals surface area contributed by atoms with Crippen LogP contribution in [0.25, 0.3) is 0 Å². The molecule has 0 radical (unpaired) electrons. The van der Waals surface area contributed by atoms with Gasteiger partial charge < -0.3 is 14.2 Å². The fourth-order valence-corrected chi connectivity index (χ4v) is 11.0. The van der Waals surface area contributed by atoms with Gasteiger partial charge in [-0.05, 0) is 103 Å². The number of hydrogen-bond donors (Lipinski definition) is 0. The Morgan fingerprint density at radius 1 is 0.244 bits per heavy atom. The van der Waals surface area contributed by atoms with E-state index in [0.717, 1.165) is 70.6 Å². The average molecular weight is 1150 g/mol. The van der Waals surface area contributed by atoms with Gasteiger partial charge in [0.15, 0.2) is 6.10 Å². The van der Waals surface area contributed by atoms with Crippen LogP contribution in [0.4, 0.5) is 0 Å². The molecule has 480 valence electrons. The highest BCUT2D eigenvalue weighted by Gasteiger charge is 2.19. The molecule has 82 heavy (non-hydrogen) atoms. The maximum atomic E-state index is 12.9. The monoisotopic (exact) mass is 1150 g/mol. The number of carbonyl (C=O) groups is 3. The van der Waals surface area contributed by atoms with Crippen molar-refractivity contribution in [2.24, 2.45) is 0 Å². The summed E-state index contributed by atoms with van der Waals surface area (Å²) in [5.74, 6) is -0.862. The summed E-state index contributed by atoms with van der Waals surface area (Å²) < 4.78 is 17.0. The van der Waals surface area contributed by atoms with Gasteiger partial charge >= 0.3 is 17.9 Å². The first-order valence-electron chi connectivity index (χ1n) is 36.6. The lowest BCUT2D eigenvalue weighted by atomic mass is 10.0. The van der Waals surface area contributed by atoms with E-state index in [4.69, 9.17) is 14.2 Å². The minimum Gasteiger partial charge on any atom is -0.462 e. The number of rotatable bonds is 68. The lowest BCUT2D eigenvalue weighted by Gasteiger charge is -2.18. The summed E-state index contributed by atoms with van der Waals surface area (Å²) in [7, 11) is 0. The van der Waals surface area contributed by atoms with Crippen LogP contribution < -0.4 is 0 Å². The zero-order chi connectivity index (χ0) is 59.2. The Kier molecular flexibility index (Phi) is 68.6. The van der Waals surface area contributed by atoms with E-state index in [2.05, 4.69) is 69.4 Å². The van der Waals surface area contributed by atoms with Gasteiger partial charge in [0.05, 0.1) is 0 Å². The molecule has 0 bridgehead atoms. The molecule has 0 rings (SSSR count). The molecule has 1 atom stereocenters. The van der Waals surface area contributed by atoms with Crippen LogP contribution in [0.5, 0.6) is 0 Å². The van der Waals surface area contributed by atoms with Crippen molar-refractivity contribution in [2.45, 2.75) is 406 Å². The van der Waals surface area contributed by atoms with E-state index in [1.54, 1.807) is 0 Å². The van der Waals surface area contributed by atoms with Gasteiger partial charge in [-0.1, -0.05) is 326 Å². The topological polar surface area (TPSA) is 78.9 Å². The smallest absolute Gasteiger partial charge is 0.306 e. The molecule has 0 heterocycles. The van der Waals surface area contributed by atoms with Crippen molar-refractivity contribution in [1.82, 2.24) is 0 Å². The van der Waals surface area contributed by atoms with Crippen LogP contribution in [0.2, 0.25) is 0 Å². The molecule has 0 fully saturated rings. The number of esters is 3. The molecular weight excluding hydrogens is 1010 g/mol. The van der Waals surface area contributed by atoms with Gasteiger partial charge in [0.25, 0.3) is 0 Å². The first-order valence-corrected chi connectivity index (χ1v) is 36.6. The highest BCUT2D eigenvalue weighted by molar-refractivity contribution is 5.71. The minimum absolute atomic E-state index is 0.0727. The standard InChI is InChI=1S/C76H140O6/c1-4-7-10-13-16-19-22-25-27-29-30-31-32-33-34-35-36-37-38-39-40-41-42-43-44-45-46-48-49-51-54-57-60-63-66-69-75(78)81-72-73(71-80-74(77)68-65-62-59-56-53-24-21-18-15-12-9-6-3)82-76(79)70-67-64-61-58-55-52-50-47-28-26-23-20-17-14-11-8-5-2/h18,21-22,25-26,28-30,73H,4-17,19-20,23-24,27,31-72H2,1-3H3/b21-18-,25-22-,28-26-,30-29-. The van der Waals surface area contributed by atoms with E-state index >= 15 is 0 Å². The number of carbonyl (C=O) groups excluding carboxylic acids is 3. The molecule has 0 aliphatic rings. The van der Waals surface area contributed by atoms with Crippen molar-refractivity contribution in [2.75, 3.05) is 13.2 Å². The van der Waals surface area contributed by atoms with Gasteiger partial charge in [0.2, 0.25) is 0 Å². The highest BCUT2D eigenvalue weighted by Crippen LogP contribution is 2.18. The first-order chi connectivity index (χ1) is 40.5. The molecule has 0 aliphatic carbocycles. The molecule has 0 N–H and O–H groups in total. The molecule has 0 aliphatic heterocycles. The number of allylic oxidation sites excluding steroid dienone is 8. The van der Waals surface area contributed by atoms with Crippen LogP contribution in [-0.4, -0.2) is 37.2 Å². The van der Waals surface area contributed by atoms with Gasteiger partial charge in [-0.2, -0.15) is 0 Å². The lowest BCUT2D eigenvalue weighted by Crippen LogP contribution is -2.30. The van der Waals surface area contributed by atoms with E-state index in [1.165, 1.54) is 289 Å². The molecule has 0 amide bonds. The Morgan fingerprint density at radius 3 is 0.707 bits per heavy atom. The lowest BCUT2D eigenvalue weighted by molar-refractivity contribution is -0.167. The molecule has 6 nitrogen and oxygen atoms in total. The van der Waals surface area contributed by atoms with E-state index in [0.29, 0.717) is 19.3 Å². The predicted molar refractivity (Wildman–Crippen MR) is 358 cm³/mol. The molecule has 6 heteroatoms. The van der Waals surface area contributed by atoms with Gasteiger partial charge in [-0.3, -0.25) is 14.4 Å². The maximum absolute atomic E-state index is 12.9. The predicted octanol–water partition coefficient (Wildman–Crippen LogP) is 25.3. The number of unbranched alkanes of at least 4 members (excludes halogenated alkanes) is 49. The zero-order valence-corrected chi connectivity index (χ0v) is 55.3. The van der Waals surface area contributed by atoms with Crippen molar-refractivity contribution in [1.29, 1.82) is 0 Å². The summed E-state index contributed by atoms with van der Waals surface area (Å²) in [6.45, 7) is 6.65. The van der Waals surface area contributed by atoms with Crippen molar-refractivity contribution in [3.63, 3.8) is 0 Å². The summed E-state index contributed by atoms with van der Waals surface area (Å²) in [5, 5.41) is 0. The second-order valence-electron chi connectivity index (χ2n) is 24.8. The largest absolute Gasteiger partial charge is 0.462 e. The Labute approximate surface area is 511 Å². The summed E-state index contributed by atoms with van der Waals surface area (Å²) >= 11 is 0. The summed E-state index contributed by atoms with van der Waals surface area (Å²) in [4.78, 5) is 38.3. The van der Waals surface area contributed by atoms with E-state index in [1.807, 2.05) is 0 Å². The van der Waals surface area contributed by atoms with Crippen LogP contribution in [0, 0.1) is 0 Å². The molecular formula is C76H140O6. The second kappa shape index (κ2) is 70.9. The van der Waals surface area contributed by atoms with E-state index in [9.17, 15) is 14.4 Å². The van der Waals surface area contributed by atoms with E-state index < -0.39 is 6.10 Å². The van der Waals surface area contributed by atoms with Crippen molar-refractivity contribution < 1.29 is 28.6 Å². The van der Waals surface area contributed by atoms with Gasteiger partial charge in [0.1, 0.15) is 13.2 Å². The molecule has 0 aromatic heterocycles. The Morgan fingerprint density at radius 2 is 0.439 bits per heavy atom. The minimum atomic E-state index is -0.777. The Balaban J connectivity index is 4.06. The van der Waals surface area contributed by atoms with Gasteiger partial charge in [-0.25, -0.2) is 0 Å². The second-order valence-corrected chi connectivity index (χ2v) is 24.8. The molecule has 0 saturated heterocycles. The van der Waals surface area contributed by atoms with Crippen molar-refractivity contribution in [3.05, 3.63) is 48.6 Å². The molecule has 0 aromatic carbocycles. The maximum Gasteiger partial charge on any atom is 0.306 e. The number of ether oxygens (including phenoxy) is 3.